The monoisotopic (exact) mass is 481 g/mol. The Morgan fingerprint density at radius 2 is 1.86 bits per heavy atom. The molecule has 6 rings (SSSR count). The number of Topliss-reactive ketones (excluding diaryl/α,β-unsaturated/α-hetero) is 1. The van der Waals surface area contributed by atoms with Crippen LogP contribution in [0.15, 0.2) is 28.7 Å². The molecule has 1 aliphatic carbocycles. The fraction of sp³-hybridized carbons (Fsp3) is 0.250. The molecule has 3 heterocycles. The predicted molar refractivity (Wildman–Crippen MR) is 115 cm³/mol. The lowest BCUT2D eigenvalue weighted by molar-refractivity contribution is -0.125. The number of carbonyl (C=O) groups is 4. The lowest BCUT2D eigenvalue weighted by Gasteiger charge is -2.29. The Bertz CT molecular complexity index is 1510. The van der Waals surface area contributed by atoms with Crippen LogP contribution in [0.2, 0.25) is 0 Å². The number of ketones is 1. The number of methoxy groups -OCH3 is 1. The van der Waals surface area contributed by atoms with Crippen molar-refractivity contribution < 1.29 is 37.1 Å². The molecule has 3 aromatic rings. The van der Waals surface area contributed by atoms with Gasteiger partial charge in [0, 0.05) is 18.4 Å². The Labute approximate surface area is 196 Å². The lowest BCUT2D eigenvalue weighted by atomic mass is 9.95. The van der Waals surface area contributed by atoms with Crippen molar-refractivity contribution in [2.45, 2.75) is 24.9 Å². The molecule has 1 aromatic heterocycles. The highest BCUT2D eigenvalue weighted by atomic mass is 19.1. The molecular formula is C24H17F2N3O6. The average molecular weight is 481 g/mol. The zero-order valence-corrected chi connectivity index (χ0v) is 18.3. The van der Waals surface area contributed by atoms with Gasteiger partial charge in [0.25, 0.3) is 11.8 Å². The first-order chi connectivity index (χ1) is 16.7. The number of fused-ring (bicyclic) bond motifs is 3. The first kappa shape index (κ1) is 21.3. The van der Waals surface area contributed by atoms with Gasteiger partial charge in [0.15, 0.2) is 34.3 Å². The number of benzene rings is 2. The van der Waals surface area contributed by atoms with E-state index >= 15 is 4.39 Å². The number of ether oxygens (including phenoxy) is 1. The van der Waals surface area contributed by atoms with Gasteiger partial charge in [-0.1, -0.05) is 6.07 Å². The van der Waals surface area contributed by atoms with Crippen LogP contribution in [-0.2, 0) is 23.3 Å². The van der Waals surface area contributed by atoms with E-state index in [-0.39, 0.29) is 47.0 Å². The zero-order chi connectivity index (χ0) is 24.6. The van der Waals surface area contributed by atoms with Gasteiger partial charge in [0.2, 0.25) is 0 Å². The Kier molecular flexibility index (Phi) is 4.32. The second-order valence-corrected chi connectivity index (χ2v) is 8.77. The van der Waals surface area contributed by atoms with Crippen molar-refractivity contribution in [2.24, 2.45) is 0 Å². The third-order valence-corrected chi connectivity index (χ3v) is 6.80. The molecule has 0 saturated carbocycles. The summed E-state index contributed by atoms with van der Waals surface area (Å²) in [5, 5.41) is 4.94. The van der Waals surface area contributed by atoms with Gasteiger partial charge in [-0.3, -0.25) is 19.7 Å². The maximum atomic E-state index is 15.2. The highest BCUT2D eigenvalue weighted by Gasteiger charge is 2.53. The Hall–Kier alpha value is -4.28. The zero-order valence-electron chi connectivity index (χ0n) is 18.3. The summed E-state index contributed by atoms with van der Waals surface area (Å²) >= 11 is 0. The molecule has 1 atom stereocenters. The minimum absolute atomic E-state index is 0.0304. The van der Waals surface area contributed by atoms with Crippen molar-refractivity contribution in [1.29, 1.82) is 0 Å². The largest absolute Gasteiger partial charge is 0.494 e. The summed E-state index contributed by atoms with van der Waals surface area (Å²) in [6.45, 7) is -0.433. The molecule has 11 heteroatoms. The quantitative estimate of drug-likeness (QED) is 0.553. The molecule has 0 radical (unpaired) electrons. The number of halogens is 2. The van der Waals surface area contributed by atoms with Crippen molar-refractivity contribution in [3.05, 3.63) is 63.9 Å². The number of rotatable bonds is 4. The summed E-state index contributed by atoms with van der Waals surface area (Å²) in [7, 11) is 1.28. The predicted octanol–water partition coefficient (Wildman–Crippen LogP) is 2.54. The van der Waals surface area contributed by atoms with Gasteiger partial charge in [-0.05, 0) is 35.7 Å². The second-order valence-electron chi connectivity index (χ2n) is 8.77. The number of nitrogens with zero attached hydrogens (tertiary/aromatic N) is 1. The number of hydrogen-bond donors (Lipinski definition) is 2. The van der Waals surface area contributed by atoms with E-state index in [2.05, 4.69) is 10.6 Å². The Balaban J connectivity index is 1.44. The molecule has 2 N–H and O–H groups in total. The molecular weight excluding hydrogens is 464 g/mol. The van der Waals surface area contributed by atoms with E-state index in [1.165, 1.54) is 24.1 Å². The van der Waals surface area contributed by atoms with Crippen LogP contribution in [0, 0.1) is 11.6 Å². The summed E-state index contributed by atoms with van der Waals surface area (Å²) in [5.41, 5.74) is -1.42. The van der Waals surface area contributed by atoms with Crippen LogP contribution < -0.4 is 15.4 Å². The standard InChI is InChI=1S/C24H17F2N3O6/c1-34-14-5-3-11-8-29(21(31)17(11)18(14)25)9-24(22(32)27-23(33)28-24)15-7-12-6-10-2-4-13(30)16(10)19(26)20(12)35-15/h3,5-7H,2,4,8-9H2,1H3,(H2,27,28,32,33)/t24-/m0/s1. The first-order valence-electron chi connectivity index (χ1n) is 10.8. The number of nitrogens with one attached hydrogen (secondary N) is 2. The molecule has 1 saturated heterocycles. The van der Waals surface area contributed by atoms with Crippen LogP contribution in [0.5, 0.6) is 5.75 Å². The maximum absolute atomic E-state index is 15.2. The number of imide groups is 1. The molecule has 9 nitrogen and oxygen atoms in total. The Morgan fingerprint density at radius 1 is 1.06 bits per heavy atom. The number of amides is 4. The van der Waals surface area contributed by atoms with Gasteiger partial charge in [0.1, 0.15) is 5.76 Å². The fourth-order valence-corrected chi connectivity index (χ4v) is 5.10. The molecule has 4 amide bonds. The molecule has 1 fully saturated rings. The number of hydrogen-bond acceptors (Lipinski definition) is 6. The van der Waals surface area contributed by atoms with E-state index < -0.39 is 41.6 Å². The molecule has 3 aliphatic rings. The van der Waals surface area contributed by atoms with Crippen LogP contribution >= 0.6 is 0 Å². The van der Waals surface area contributed by atoms with Gasteiger partial charge in [-0.2, -0.15) is 0 Å². The van der Waals surface area contributed by atoms with Gasteiger partial charge in [-0.15, -0.1) is 0 Å². The summed E-state index contributed by atoms with van der Waals surface area (Å²) in [4.78, 5) is 51.6. The van der Waals surface area contributed by atoms with Crippen molar-refractivity contribution in [2.75, 3.05) is 13.7 Å². The highest BCUT2D eigenvalue weighted by molar-refractivity contribution is 6.09. The van der Waals surface area contributed by atoms with E-state index in [0.29, 0.717) is 22.9 Å². The van der Waals surface area contributed by atoms with Gasteiger partial charge >= 0.3 is 6.03 Å². The highest BCUT2D eigenvalue weighted by Crippen LogP contribution is 2.38. The van der Waals surface area contributed by atoms with Gasteiger partial charge < -0.3 is 19.4 Å². The normalized spacial score (nSPS) is 20.9. The van der Waals surface area contributed by atoms with Crippen molar-refractivity contribution >= 4 is 34.6 Å². The van der Waals surface area contributed by atoms with E-state index in [1.54, 1.807) is 12.1 Å². The van der Waals surface area contributed by atoms with Crippen molar-refractivity contribution in [1.82, 2.24) is 15.5 Å². The molecule has 0 bridgehead atoms. The Morgan fingerprint density at radius 3 is 2.57 bits per heavy atom. The summed E-state index contributed by atoms with van der Waals surface area (Å²) in [6, 6.07) is 5.14. The maximum Gasteiger partial charge on any atom is 0.322 e. The number of carbonyl (C=O) groups excluding carboxylic acids is 4. The van der Waals surface area contributed by atoms with Crippen LogP contribution in [0.1, 0.15) is 44.0 Å². The van der Waals surface area contributed by atoms with Crippen LogP contribution in [0.25, 0.3) is 11.0 Å². The van der Waals surface area contributed by atoms with Crippen LogP contribution in [-0.4, -0.2) is 42.2 Å². The van der Waals surface area contributed by atoms with E-state index in [9.17, 15) is 23.6 Å². The summed E-state index contributed by atoms with van der Waals surface area (Å²) in [6.07, 6.45) is 0.590. The van der Waals surface area contributed by atoms with Gasteiger partial charge in [-0.25, -0.2) is 13.6 Å². The van der Waals surface area contributed by atoms with E-state index in [4.69, 9.17) is 9.15 Å². The molecule has 2 aromatic carbocycles. The molecule has 178 valence electrons. The molecule has 35 heavy (non-hydrogen) atoms. The summed E-state index contributed by atoms with van der Waals surface area (Å²) < 4.78 is 40.6. The van der Waals surface area contributed by atoms with Crippen molar-refractivity contribution in [3.63, 3.8) is 0 Å². The van der Waals surface area contributed by atoms with Gasteiger partial charge in [0.05, 0.1) is 24.8 Å². The smallest absolute Gasteiger partial charge is 0.322 e. The second kappa shape index (κ2) is 7.11. The third kappa shape index (κ3) is 2.84. The summed E-state index contributed by atoms with van der Waals surface area (Å²) in [5.74, 6) is -3.72. The minimum Gasteiger partial charge on any atom is -0.494 e. The average Bonchev–Trinajstić information content (AvgIpc) is 3.55. The van der Waals surface area contributed by atoms with Crippen LogP contribution in [0.3, 0.4) is 0 Å². The molecule has 0 spiro atoms. The SMILES string of the molecule is COc1ccc2c(c1F)C(=O)N(C[C@@]1(c3cc4cc5c(c(F)c4o3)C(=O)CC5)NC(=O)NC1=O)C2. The van der Waals surface area contributed by atoms with Crippen LogP contribution in [0.4, 0.5) is 13.6 Å². The minimum atomic E-state index is -1.89. The third-order valence-electron chi connectivity index (χ3n) is 6.80. The fourth-order valence-electron chi connectivity index (χ4n) is 5.10. The number of furan rings is 1. The number of aryl methyl sites for hydroxylation is 1. The van der Waals surface area contributed by atoms with E-state index in [0.717, 1.165) is 0 Å². The molecule has 2 aliphatic heterocycles. The van der Waals surface area contributed by atoms with E-state index in [1.807, 2.05) is 0 Å². The van der Waals surface area contributed by atoms with Crippen molar-refractivity contribution in [3.8, 4) is 5.75 Å². The number of urea groups is 1. The topological polar surface area (TPSA) is 118 Å². The molecule has 0 unspecified atom stereocenters. The first-order valence-corrected chi connectivity index (χ1v) is 10.8. The lowest BCUT2D eigenvalue weighted by Crippen LogP contribution is -2.52.